The van der Waals surface area contributed by atoms with Crippen molar-refractivity contribution in [1.82, 2.24) is 10.3 Å². The molecule has 7 nitrogen and oxygen atoms in total. The number of nitrogens with one attached hydrogen (secondary N) is 2. The lowest BCUT2D eigenvalue weighted by molar-refractivity contribution is -0.140. The number of carboxylic acid groups (broad SMARTS) is 2. The fourth-order valence-electron chi connectivity index (χ4n) is 3.25. The van der Waals surface area contributed by atoms with Crippen molar-refractivity contribution >= 4 is 22.8 Å². The molecule has 0 aliphatic carbocycles. The van der Waals surface area contributed by atoms with Crippen LogP contribution in [0.4, 0.5) is 0 Å². The second-order valence-corrected chi connectivity index (χ2v) is 6.75. The van der Waals surface area contributed by atoms with Crippen molar-refractivity contribution in [3.8, 4) is 0 Å². The maximum atomic E-state index is 10.7. The van der Waals surface area contributed by atoms with Gasteiger partial charge in [-0.1, -0.05) is 42.5 Å². The number of nitrogens with two attached hydrogens (primary N) is 1. The van der Waals surface area contributed by atoms with Crippen molar-refractivity contribution in [1.29, 1.82) is 0 Å². The topological polar surface area (TPSA) is 128 Å². The SMILES string of the molecule is N[C@@H](Cc1c[nH]c2ccccc12)C(=O)O.O=C(O)C1Cc2ccccc2CN1. The van der Waals surface area contributed by atoms with E-state index in [1.165, 1.54) is 5.56 Å². The summed E-state index contributed by atoms with van der Waals surface area (Å²) in [6.45, 7) is 0.660. The smallest absolute Gasteiger partial charge is 0.321 e. The zero-order chi connectivity index (χ0) is 20.1. The minimum Gasteiger partial charge on any atom is -0.480 e. The molecule has 1 aliphatic heterocycles. The van der Waals surface area contributed by atoms with Crippen LogP contribution in [0, 0.1) is 0 Å². The molecule has 0 radical (unpaired) electrons. The molecule has 2 atom stereocenters. The van der Waals surface area contributed by atoms with Crippen LogP contribution in [0.3, 0.4) is 0 Å². The van der Waals surface area contributed by atoms with Crippen LogP contribution in [0.2, 0.25) is 0 Å². The average Bonchev–Trinajstić information content (AvgIpc) is 3.11. The molecule has 146 valence electrons. The van der Waals surface area contributed by atoms with Crippen molar-refractivity contribution in [3.63, 3.8) is 0 Å². The molecule has 1 aliphatic rings. The molecule has 2 heterocycles. The molecule has 0 saturated heterocycles. The molecule has 2 aromatic carbocycles. The van der Waals surface area contributed by atoms with Crippen LogP contribution in [0.1, 0.15) is 16.7 Å². The minimum absolute atomic E-state index is 0.347. The first-order valence-electron chi connectivity index (χ1n) is 9.02. The number of carboxylic acids is 2. The van der Waals surface area contributed by atoms with E-state index in [1.54, 1.807) is 0 Å². The highest BCUT2D eigenvalue weighted by atomic mass is 16.4. The van der Waals surface area contributed by atoms with Crippen molar-refractivity contribution in [2.75, 3.05) is 0 Å². The zero-order valence-electron chi connectivity index (χ0n) is 15.3. The largest absolute Gasteiger partial charge is 0.480 e. The molecular formula is C21H23N3O4. The highest BCUT2D eigenvalue weighted by Gasteiger charge is 2.22. The number of rotatable bonds is 4. The Bertz CT molecular complexity index is 982. The number of para-hydroxylation sites is 1. The van der Waals surface area contributed by atoms with Crippen molar-refractivity contribution in [2.24, 2.45) is 5.73 Å². The Morgan fingerprint density at radius 3 is 2.46 bits per heavy atom. The number of aromatic amines is 1. The Labute approximate surface area is 162 Å². The summed E-state index contributed by atoms with van der Waals surface area (Å²) in [6.07, 6.45) is 2.75. The molecule has 4 rings (SSSR count). The standard InChI is InChI=1S/C11H12N2O2.C10H11NO2/c12-9(11(14)15)5-7-6-13-10-4-2-1-3-8(7)10;12-10(13)9-5-7-3-1-2-4-8(7)6-11-9/h1-4,6,9,13H,5,12H2,(H,14,15);1-4,9,11H,5-6H2,(H,12,13)/t9-;/m0./s1. The summed E-state index contributed by atoms with van der Waals surface area (Å²) in [4.78, 5) is 24.4. The first-order chi connectivity index (χ1) is 13.5. The number of hydrogen-bond acceptors (Lipinski definition) is 4. The Morgan fingerprint density at radius 2 is 1.75 bits per heavy atom. The molecule has 28 heavy (non-hydrogen) atoms. The van der Waals surface area contributed by atoms with E-state index >= 15 is 0 Å². The predicted octanol–water partition coefficient (Wildman–Crippen LogP) is 1.91. The van der Waals surface area contributed by atoms with Crippen molar-refractivity contribution in [3.05, 3.63) is 71.4 Å². The quantitative estimate of drug-likeness (QED) is 0.470. The maximum absolute atomic E-state index is 10.7. The second-order valence-electron chi connectivity index (χ2n) is 6.75. The highest BCUT2D eigenvalue weighted by molar-refractivity contribution is 5.84. The lowest BCUT2D eigenvalue weighted by atomic mass is 9.96. The Hall–Kier alpha value is -3.16. The van der Waals surface area contributed by atoms with Crippen LogP contribution in [0.15, 0.2) is 54.7 Å². The molecule has 0 bridgehead atoms. The van der Waals surface area contributed by atoms with E-state index in [2.05, 4.69) is 10.3 Å². The molecule has 1 unspecified atom stereocenters. The molecule has 0 spiro atoms. The van der Waals surface area contributed by atoms with Gasteiger partial charge in [-0.25, -0.2) is 0 Å². The third-order valence-electron chi connectivity index (χ3n) is 4.81. The van der Waals surface area contributed by atoms with Crippen LogP contribution >= 0.6 is 0 Å². The molecular weight excluding hydrogens is 358 g/mol. The third kappa shape index (κ3) is 4.57. The van der Waals surface area contributed by atoms with Gasteiger partial charge in [0.2, 0.25) is 0 Å². The highest BCUT2D eigenvalue weighted by Crippen LogP contribution is 2.18. The van der Waals surface area contributed by atoms with Crippen LogP contribution in [-0.4, -0.2) is 39.2 Å². The lowest BCUT2D eigenvalue weighted by Gasteiger charge is -2.22. The van der Waals surface area contributed by atoms with Crippen LogP contribution in [-0.2, 0) is 29.0 Å². The van der Waals surface area contributed by atoms with E-state index in [0.29, 0.717) is 19.4 Å². The summed E-state index contributed by atoms with van der Waals surface area (Å²) in [6, 6.07) is 14.4. The summed E-state index contributed by atoms with van der Waals surface area (Å²) >= 11 is 0. The van der Waals surface area contributed by atoms with Crippen molar-refractivity contribution in [2.45, 2.75) is 31.5 Å². The van der Waals surface area contributed by atoms with E-state index in [4.69, 9.17) is 15.9 Å². The molecule has 1 aromatic heterocycles. The summed E-state index contributed by atoms with van der Waals surface area (Å²) in [5.41, 5.74) is 9.79. The number of H-pyrrole nitrogens is 1. The van der Waals surface area contributed by atoms with Crippen LogP contribution in [0.25, 0.3) is 10.9 Å². The molecule has 0 fully saturated rings. The Kier molecular flexibility index (Phi) is 6.08. The Balaban J connectivity index is 0.000000162. The van der Waals surface area contributed by atoms with Gasteiger partial charge in [-0.2, -0.15) is 0 Å². The van der Waals surface area contributed by atoms with Gasteiger partial charge in [-0.15, -0.1) is 0 Å². The summed E-state index contributed by atoms with van der Waals surface area (Å²) < 4.78 is 0. The van der Waals surface area contributed by atoms with E-state index in [-0.39, 0.29) is 0 Å². The number of carbonyl (C=O) groups is 2. The van der Waals surface area contributed by atoms with Gasteiger partial charge in [0.15, 0.2) is 0 Å². The predicted molar refractivity (Wildman–Crippen MR) is 106 cm³/mol. The first-order valence-corrected chi connectivity index (χ1v) is 9.02. The van der Waals surface area contributed by atoms with E-state index < -0.39 is 24.0 Å². The minimum atomic E-state index is -0.972. The zero-order valence-corrected chi connectivity index (χ0v) is 15.3. The van der Waals surface area contributed by atoms with Gasteiger partial charge >= 0.3 is 11.9 Å². The van der Waals surface area contributed by atoms with Gasteiger partial charge in [-0.3, -0.25) is 9.59 Å². The summed E-state index contributed by atoms with van der Waals surface area (Å²) in [5.74, 6) is -1.74. The second kappa shape index (κ2) is 8.69. The fraction of sp³-hybridized carbons (Fsp3) is 0.238. The number of hydrogen-bond donors (Lipinski definition) is 5. The molecule has 6 N–H and O–H groups in total. The van der Waals surface area contributed by atoms with E-state index in [1.807, 2.05) is 54.7 Å². The van der Waals surface area contributed by atoms with E-state index in [9.17, 15) is 9.59 Å². The summed E-state index contributed by atoms with van der Waals surface area (Å²) in [7, 11) is 0. The lowest BCUT2D eigenvalue weighted by Crippen LogP contribution is -2.41. The van der Waals surface area contributed by atoms with Crippen LogP contribution < -0.4 is 11.1 Å². The number of benzene rings is 2. The third-order valence-corrected chi connectivity index (χ3v) is 4.81. The molecule has 0 saturated carbocycles. The van der Waals surface area contributed by atoms with Gasteiger partial charge in [0, 0.05) is 30.1 Å². The number of fused-ring (bicyclic) bond motifs is 2. The molecule has 7 heteroatoms. The maximum Gasteiger partial charge on any atom is 0.321 e. The fourth-order valence-corrected chi connectivity index (χ4v) is 3.25. The number of aromatic nitrogens is 1. The van der Waals surface area contributed by atoms with Gasteiger partial charge in [0.1, 0.15) is 12.1 Å². The first kappa shape index (κ1) is 19.6. The van der Waals surface area contributed by atoms with E-state index in [0.717, 1.165) is 22.0 Å². The molecule has 0 amide bonds. The van der Waals surface area contributed by atoms with Crippen LogP contribution in [0.5, 0.6) is 0 Å². The van der Waals surface area contributed by atoms with Gasteiger partial charge in [-0.05, 0) is 29.2 Å². The monoisotopic (exact) mass is 381 g/mol. The molecule has 3 aromatic rings. The number of aliphatic carboxylic acids is 2. The van der Waals surface area contributed by atoms with Gasteiger partial charge < -0.3 is 26.2 Å². The van der Waals surface area contributed by atoms with Gasteiger partial charge in [0.05, 0.1) is 0 Å². The summed E-state index contributed by atoms with van der Waals surface area (Å²) in [5, 5.41) is 21.5. The van der Waals surface area contributed by atoms with Gasteiger partial charge in [0.25, 0.3) is 0 Å². The normalized spacial score (nSPS) is 16.5. The van der Waals surface area contributed by atoms with Crippen molar-refractivity contribution < 1.29 is 19.8 Å². The average molecular weight is 381 g/mol. The Morgan fingerprint density at radius 1 is 1.07 bits per heavy atom.